The lowest BCUT2D eigenvalue weighted by Crippen LogP contribution is -2.58. The fourth-order valence-electron chi connectivity index (χ4n) is 4.65. The summed E-state index contributed by atoms with van der Waals surface area (Å²) in [7, 11) is 0. The van der Waals surface area contributed by atoms with E-state index in [-0.39, 0.29) is 24.4 Å². The molecule has 0 aliphatic carbocycles. The van der Waals surface area contributed by atoms with Crippen LogP contribution in [0.5, 0.6) is 0 Å². The van der Waals surface area contributed by atoms with Crippen molar-refractivity contribution in [3.05, 3.63) is 46.7 Å². The zero-order valence-electron chi connectivity index (χ0n) is 22.9. The van der Waals surface area contributed by atoms with Crippen LogP contribution < -0.4 is 10.6 Å². The Bertz CT molecular complexity index is 1260. The van der Waals surface area contributed by atoms with Crippen LogP contribution in [0.4, 0.5) is 13.2 Å². The second-order valence-electron chi connectivity index (χ2n) is 10.5. The highest BCUT2D eigenvalue weighted by Gasteiger charge is 2.46. The van der Waals surface area contributed by atoms with Crippen LogP contribution in [0.2, 0.25) is 5.02 Å². The van der Waals surface area contributed by atoms with Crippen molar-refractivity contribution < 1.29 is 32.3 Å². The normalized spacial score (nSPS) is 17.2. The summed E-state index contributed by atoms with van der Waals surface area (Å²) >= 11 is 5.95. The van der Waals surface area contributed by atoms with Crippen molar-refractivity contribution in [2.24, 2.45) is 11.8 Å². The van der Waals surface area contributed by atoms with E-state index in [1.54, 1.807) is 49.7 Å². The molecule has 1 aromatic carbocycles. The summed E-state index contributed by atoms with van der Waals surface area (Å²) in [6.07, 6.45) is -3.07. The van der Waals surface area contributed by atoms with E-state index < -0.39 is 53.7 Å². The van der Waals surface area contributed by atoms with Crippen LogP contribution in [-0.2, 0) is 14.4 Å². The Balaban J connectivity index is 1.77. The van der Waals surface area contributed by atoms with Crippen molar-refractivity contribution in [1.82, 2.24) is 25.3 Å². The molecule has 3 rings (SSSR count). The monoisotopic (exact) mass is 583 g/mol. The predicted molar refractivity (Wildman–Crippen MR) is 142 cm³/mol. The summed E-state index contributed by atoms with van der Waals surface area (Å²) in [6.45, 7) is 8.14. The molecule has 1 saturated heterocycles. The third-order valence-corrected chi connectivity index (χ3v) is 7.16. The van der Waals surface area contributed by atoms with Gasteiger partial charge in [-0.2, -0.15) is 18.3 Å². The van der Waals surface area contributed by atoms with Crippen molar-refractivity contribution in [2.75, 3.05) is 6.54 Å². The van der Waals surface area contributed by atoms with E-state index in [2.05, 4.69) is 15.7 Å². The highest BCUT2D eigenvalue weighted by atomic mass is 35.5. The number of benzene rings is 1. The summed E-state index contributed by atoms with van der Waals surface area (Å²) in [5, 5.41) is 9.77. The predicted octanol–water partition coefficient (Wildman–Crippen LogP) is 3.85. The number of ketones is 1. The average Bonchev–Trinajstić information content (AvgIpc) is 3.51. The van der Waals surface area contributed by atoms with E-state index in [1.807, 2.05) is 0 Å². The number of Topliss-reactive ketones (excluding diaryl/α,β-unsaturated/α-hetero) is 1. The second-order valence-corrected chi connectivity index (χ2v) is 10.9. The molecule has 0 bridgehead atoms. The molecule has 0 radical (unpaired) electrons. The number of hydrogen-bond acceptors (Lipinski definition) is 5. The van der Waals surface area contributed by atoms with Gasteiger partial charge in [0.1, 0.15) is 12.1 Å². The van der Waals surface area contributed by atoms with Crippen LogP contribution in [0, 0.1) is 18.8 Å². The minimum atomic E-state index is -5.11. The first kappa shape index (κ1) is 31.1. The zero-order valence-corrected chi connectivity index (χ0v) is 23.6. The van der Waals surface area contributed by atoms with Gasteiger partial charge in [0.05, 0.1) is 29.2 Å². The molecule has 0 saturated carbocycles. The number of halogens is 4. The van der Waals surface area contributed by atoms with Gasteiger partial charge in [-0.25, -0.2) is 4.68 Å². The standard InChI is InChI=1S/C27H33ClF3N5O4/c1-14(2)21(23(37)27(29,30)31)33-25(39)20-7-6-12-35(20)26(40)22(15(3)4)34-24(38)19-13-32-36(16(19)5)18-10-8-17(28)9-11-18/h8-11,13-15,20-22H,6-7,12H2,1-5H3,(H,33,39)(H,34,38)/t20-,21-,22-/m0/s1. The first-order chi connectivity index (χ1) is 18.6. The lowest BCUT2D eigenvalue weighted by atomic mass is 9.98. The average molecular weight is 584 g/mol. The van der Waals surface area contributed by atoms with Gasteiger partial charge in [0.2, 0.25) is 11.8 Å². The van der Waals surface area contributed by atoms with Gasteiger partial charge in [-0.15, -0.1) is 0 Å². The van der Waals surface area contributed by atoms with Gasteiger partial charge in [0.25, 0.3) is 11.7 Å². The Morgan fingerprint density at radius 2 is 1.60 bits per heavy atom. The molecule has 1 aliphatic rings. The SMILES string of the molecule is Cc1c(C(=O)N[C@H](C(=O)N2CCC[C@H]2C(=O)N[C@H](C(=O)C(F)(F)F)C(C)C)C(C)C)cnn1-c1ccc(Cl)cc1. The number of carbonyl (C=O) groups is 4. The molecule has 9 nitrogen and oxygen atoms in total. The lowest BCUT2D eigenvalue weighted by molar-refractivity contribution is -0.175. The van der Waals surface area contributed by atoms with E-state index in [0.29, 0.717) is 22.8 Å². The second kappa shape index (κ2) is 12.4. The van der Waals surface area contributed by atoms with Crippen molar-refractivity contribution in [3.63, 3.8) is 0 Å². The molecular weight excluding hydrogens is 551 g/mol. The first-order valence-electron chi connectivity index (χ1n) is 13.0. The Morgan fingerprint density at radius 1 is 1.00 bits per heavy atom. The van der Waals surface area contributed by atoms with Crippen LogP contribution >= 0.6 is 11.6 Å². The van der Waals surface area contributed by atoms with E-state index in [4.69, 9.17) is 11.6 Å². The number of aromatic nitrogens is 2. The van der Waals surface area contributed by atoms with Crippen LogP contribution in [0.15, 0.2) is 30.5 Å². The number of alkyl halides is 3. The van der Waals surface area contributed by atoms with E-state index >= 15 is 0 Å². The van der Waals surface area contributed by atoms with Crippen LogP contribution in [0.25, 0.3) is 5.69 Å². The minimum Gasteiger partial charge on any atom is -0.344 e. The topological polar surface area (TPSA) is 113 Å². The fraction of sp³-hybridized carbons (Fsp3) is 0.519. The van der Waals surface area contributed by atoms with Crippen molar-refractivity contribution in [3.8, 4) is 5.69 Å². The number of hydrogen-bond donors (Lipinski definition) is 2. The number of likely N-dealkylation sites (tertiary alicyclic amines) is 1. The van der Waals surface area contributed by atoms with Gasteiger partial charge in [-0.05, 0) is 55.9 Å². The molecule has 1 fully saturated rings. The maximum absolute atomic E-state index is 13.6. The number of amides is 3. The molecule has 13 heteroatoms. The molecule has 2 aromatic rings. The molecule has 2 N–H and O–H groups in total. The Morgan fingerprint density at radius 3 is 2.15 bits per heavy atom. The highest BCUT2D eigenvalue weighted by Crippen LogP contribution is 2.24. The summed E-state index contributed by atoms with van der Waals surface area (Å²) < 4.78 is 40.8. The van der Waals surface area contributed by atoms with Gasteiger partial charge >= 0.3 is 6.18 Å². The summed E-state index contributed by atoms with van der Waals surface area (Å²) in [5.41, 5.74) is 1.46. The molecule has 0 unspecified atom stereocenters. The van der Waals surface area contributed by atoms with Gasteiger partial charge in [0, 0.05) is 11.6 Å². The summed E-state index contributed by atoms with van der Waals surface area (Å²) in [6, 6.07) is 3.02. The van der Waals surface area contributed by atoms with E-state index in [1.165, 1.54) is 24.9 Å². The number of carbonyl (C=O) groups excluding carboxylic acids is 4. The Hall–Kier alpha value is -3.41. The van der Waals surface area contributed by atoms with Gasteiger partial charge in [-0.3, -0.25) is 19.2 Å². The largest absolute Gasteiger partial charge is 0.452 e. The molecule has 3 atom stereocenters. The third kappa shape index (κ3) is 6.83. The first-order valence-corrected chi connectivity index (χ1v) is 13.3. The molecule has 0 spiro atoms. The van der Waals surface area contributed by atoms with Gasteiger partial charge in [-0.1, -0.05) is 39.3 Å². The zero-order chi connectivity index (χ0) is 29.9. The fourth-order valence-corrected chi connectivity index (χ4v) is 4.78. The van der Waals surface area contributed by atoms with Crippen molar-refractivity contribution in [1.29, 1.82) is 0 Å². The molecular formula is C27H33ClF3N5O4. The van der Waals surface area contributed by atoms with E-state index in [9.17, 15) is 32.3 Å². The summed E-state index contributed by atoms with van der Waals surface area (Å²) in [4.78, 5) is 53.0. The van der Waals surface area contributed by atoms with E-state index in [0.717, 1.165) is 0 Å². The lowest BCUT2D eigenvalue weighted by Gasteiger charge is -2.31. The number of rotatable bonds is 9. The highest BCUT2D eigenvalue weighted by molar-refractivity contribution is 6.30. The number of nitrogens with one attached hydrogen (secondary N) is 2. The molecule has 3 amide bonds. The smallest absolute Gasteiger partial charge is 0.344 e. The molecule has 218 valence electrons. The Kier molecular flexibility index (Phi) is 9.65. The number of nitrogens with zero attached hydrogens (tertiary/aromatic N) is 3. The van der Waals surface area contributed by atoms with Crippen LogP contribution in [0.3, 0.4) is 0 Å². The molecule has 1 aromatic heterocycles. The van der Waals surface area contributed by atoms with Gasteiger partial charge in [0.15, 0.2) is 0 Å². The quantitative estimate of drug-likeness (QED) is 0.466. The minimum absolute atomic E-state index is 0.184. The maximum atomic E-state index is 13.6. The maximum Gasteiger partial charge on any atom is 0.452 e. The van der Waals surface area contributed by atoms with Crippen molar-refractivity contribution >= 4 is 35.1 Å². The summed E-state index contributed by atoms with van der Waals surface area (Å²) in [5.74, 6) is -5.15. The third-order valence-electron chi connectivity index (χ3n) is 6.91. The molecule has 1 aliphatic heterocycles. The molecule has 2 heterocycles. The molecule has 40 heavy (non-hydrogen) atoms. The Labute approximate surface area is 235 Å². The van der Waals surface area contributed by atoms with Crippen molar-refractivity contribution in [2.45, 2.75) is 71.8 Å². The van der Waals surface area contributed by atoms with Crippen LogP contribution in [0.1, 0.15) is 56.6 Å². The van der Waals surface area contributed by atoms with Gasteiger partial charge < -0.3 is 15.5 Å². The van der Waals surface area contributed by atoms with Crippen LogP contribution in [-0.4, -0.2) is 69.0 Å².